The zero-order valence-corrected chi connectivity index (χ0v) is 32.5. The van der Waals surface area contributed by atoms with E-state index in [9.17, 15) is 0 Å². The molecule has 4 nitrogen and oxygen atoms in total. The minimum Gasteiger partial charge on any atom is -0.309 e. The third-order valence-corrected chi connectivity index (χ3v) is 12.0. The van der Waals surface area contributed by atoms with Crippen LogP contribution in [0.2, 0.25) is 0 Å². The van der Waals surface area contributed by atoms with Gasteiger partial charge in [-0.25, -0.2) is 15.0 Å². The van der Waals surface area contributed by atoms with Crippen LogP contribution in [0.3, 0.4) is 0 Å². The van der Waals surface area contributed by atoms with E-state index in [1.54, 1.807) is 0 Å². The van der Waals surface area contributed by atoms with Gasteiger partial charge < -0.3 is 4.57 Å². The number of benzene rings is 7. The van der Waals surface area contributed by atoms with E-state index in [2.05, 4.69) is 164 Å². The first kappa shape index (κ1) is 34.1. The maximum absolute atomic E-state index is 5.12. The summed E-state index contributed by atoms with van der Waals surface area (Å²) in [7, 11) is 0. The molecule has 7 aromatic carbocycles. The third kappa shape index (κ3) is 5.63. The molecular weight excluding hydrogens is 705 g/mol. The number of hydrogen-bond donors (Lipinski definition) is 0. The molecule has 9 aromatic rings. The van der Waals surface area contributed by atoms with Crippen molar-refractivity contribution >= 4 is 27.4 Å². The van der Waals surface area contributed by atoms with Crippen LogP contribution in [0.15, 0.2) is 182 Å². The van der Waals surface area contributed by atoms with Crippen LogP contribution < -0.4 is 0 Å². The molecule has 11 rings (SSSR count). The average Bonchev–Trinajstić information content (AvgIpc) is 3.73. The number of fused-ring (bicyclic) bond motifs is 6. The molecule has 0 bridgehead atoms. The summed E-state index contributed by atoms with van der Waals surface area (Å²) in [5.74, 6) is 1.95. The molecule has 0 spiro atoms. The topological polar surface area (TPSA) is 43.6 Å². The van der Waals surface area contributed by atoms with Crippen LogP contribution in [0.4, 0.5) is 0 Å². The van der Waals surface area contributed by atoms with E-state index in [0.717, 1.165) is 46.1 Å². The van der Waals surface area contributed by atoms with Crippen molar-refractivity contribution < 1.29 is 0 Å². The summed E-state index contributed by atoms with van der Waals surface area (Å²) in [5.41, 5.74) is 16.4. The quantitative estimate of drug-likeness (QED) is 0.170. The van der Waals surface area contributed by atoms with Gasteiger partial charge in [0.05, 0.1) is 11.0 Å². The first-order valence-electron chi connectivity index (χ1n) is 20.2. The zero-order chi connectivity index (χ0) is 38.8. The number of aromatic nitrogens is 4. The summed E-state index contributed by atoms with van der Waals surface area (Å²) in [6, 6.07) is 58.7. The van der Waals surface area contributed by atoms with Gasteiger partial charge in [-0.1, -0.05) is 147 Å². The van der Waals surface area contributed by atoms with Gasteiger partial charge in [-0.15, -0.1) is 0 Å². The van der Waals surface area contributed by atoms with Gasteiger partial charge in [0.2, 0.25) is 0 Å². The van der Waals surface area contributed by atoms with Crippen LogP contribution in [0.25, 0.3) is 89.5 Å². The highest BCUT2D eigenvalue weighted by Gasteiger charge is 2.36. The van der Waals surface area contributed by atoms with Gasteiger partial charge >= 0.3 is 0 Å². The lowest BCUT2D eigenvalue weighted by Gasteiger charge is -2.22. The maximum atomic E-state index is 5.12. The van der Waals surface area contributed by atoms with E-state index in [1.165, 1.54) is 55.4 Å². The van der Waals surface area contributed by atoms with Gasteiger partial charge in [-0.05, 0) is 106 Å². The van der Waals surface area contributed by atoms with Crippen LogP contribution in [0, 0.1) is 0 Å². The highest BCUT2D eigenvalue weighted by molar-refractivity contribution is 6.12. The largest absolute Gasteiger partial charge is 0.309 e. The minimum atomic E-state index is -0.145. The lowest BCUT2D eigenvalue weighted by Crippen LogP contribution is -2.15. The van der Waals surface area contributed by atoms with Crippen molar-refractivity contribution in [3.05, 3.63) is 199 Å². The number of hydrogen-bond acceptors (Lipinski definition) is 3. The molecule has 276 valence electrons. The monoisotopic (exact) mass is 744 g/mol. The van der Waals surface area contributed by atoms with Crippen molar-refractivity contribution in [1.82, 2.24) is 19.5 Å². The summed E-state index contributed by atoms with van der Waals surface area (Å²) in [6.45, 7) is 4.72. The Morgan fingerprint density at radius 1 is 0.448 bits per heavy atom. The van der Waals surface area contributed by atoms with Crippen molar-refractivity contribution in [1.29, 1.82) is 0 Å². The second-order valence-corrected chi connectivity index (χ2v) is 16.0. The van der Waals surface area contributed by atoms with Crippen molar-refractivity contribution in [3.8, 4) is 62.1 Å². The fourth-order valence-electron chi connectivity index (χ4n) is 9.10. The molecule has 2 aliphatic carbocycles. The first-order chi connectivity index (χ1) is 28.5. The van der Waals surface area contributed by atoms with E-state index in [1.807, 2.05) is 36.4 Å². The van der Waals surface area contributed by atoms with Crippen molar-refractivity contribution in [2.24, 2.45) is 0 Å². The van der Waals surface area contributed by atoms with Gasteiger partial charge in [0.1, 0.15) is 0 Å². The maximum Gasteiger partial charge on any atom is 0.164 e. The lowest BCUT2D eigenvalue weighted by atomic mass is 9.82. The van der Waals surface area contributed by atoms with Gasteiger partial charge in [-0.2, -0.15) is 0 Å². The third-order valence-electron chi connectivity index (χ3n) is 12.0. The Bertz CT molecular complexity index is 3060. The van der Waals surface area contributed by atoms with E-state index >= 15 is 0 Å². The predicted molar refractivity (Wildman–Crippen MR) is 240 cm³/mol. The summed E-state index contributed by atoms with van der Waals surface area (Å²) in [5, 5.41) is 2.36. The molecule has 58 heavy (non-hydrogen) atoms. The fraction of sp³-hybridized carbons (Fsp3) is 0.0926. The average molecular weight is 745 g/mol. The number of allylic oxidation sites excluding steroid dienone is 4. The second kappa shape index (κ2) is 13.5. The lowest BCUT2D eigenvalue weighted by molar-refractivity contribution is 0.661. The molecule has 0 N–H and O–H groups in total. The first-order valence-corrected chi connectivity index (χ1v) is 20.2. The summed E-state index contributed by atoms with van der Waals surface area (Å²) < 4.78 is 2.48. The standard InChI is InChI=1S/C54H40N4/c1-54(2)47-26-16-15-25-43(47)44-33-46-45-32-39(53-56-51(37-21-11-5-12-22-37)55-52(57-53)38-23-13-6-14-24-38)27-28-49(45)58(50(46)34-48(44)54)42-30-40(35-17-7-3-8-18-35)29-41(31-42)36-19-9-4-10-20-36/h3,5-9,11-34H,4,10H2,1-2H3. The smallest absolute Gasteiger partial charge is 0.164 e. The Kier molecular flexibility index (Phi) is 7.94. The number of nitrogens with zero attached hydrogens (tertiary/aromatic N) is 4. The van der Waals surface area contributed by atoms with E-state index in [4.69, 9.17) is 15.0 Å². The Morgan fingerprint density at radius 3 is 1.72 bits per heavy atom. The van der Waals surface area contributed by atoms with E-state index < -0.39 is 0 Å². The molecule has 4 heteroatoms. The van der Waals surface area contributed by atoms with Gasteiger partial charge in [0, 0.05) is 38.6 Å². The second-order valence-electron chi connectivity index (χ2n) is 16.0. The molecule has 0 unspecified atom stereocenters. The SMILES string of the molecule is CC1(C)c2ccccc2-c2cc3c4cc(-c5nc(-c6ccccc6)nc(-c6ccccc6)n5)ccc4n(-c4cc(C5=CCCC=C5)cc(-c5ccccc5)c4)c3cc21. The molecule has 0 atom stereocenters. The Labute approximate surface area is 338 Å². The highest BCUT2D eigenvalue weighted by Crippen LogP contribution is 2.51. The summed E-state index contributed by atoms with van der Waals surface area (Å²) in [6.07, 6.45) is 9.08. The molecule has 0 fully saturated rings. The fourth-order valence-corrected chi connectivity index (χ4v) is 9.10. The summed E-state index contributed by atoms with van der Waals surface area (Å²) in [4.78, 5) is 15.2. The van der Waals surface area contributed by atoms with Gasteiger partial charge in [-0.3, -0.25) is 0 Å². The van der Waals surface area contributed by atoms with Gasteiger partial charge in [0.15, 0.2) is 17.5 Å². The van der Waals surface area contributed by atoms with Gasteiger partial charge in [0.25, 0.3) is 0 Å². The number of rotatable bonds is 6. The van der Waals surface area contributed by atoms with Crippen molar-refractivity contribution in [2.45, 2.75) is 32.1 Å². The zero-order valence-electron chi connectivity index (χ0n) is 32.5. The Balaban J connectivity index is 1.19. The van der Waals surface area contributed by atoms with Crippen LogP contribution in [-0.4, -0.2) is 19.5 Å². The molecule has 0 radical (unpaired) electrons. The van der Waals surface area contributed by atoms with Crippen LogP contribution in [0.5, 0.6) is 0 Å². The molecule has 2 aromatic heterocycles. The van der Waals surface area contributed by atoms with Crippen molar-refractivity contribution in [2.75, 3.05) is 0 Å². The van der Waals surface area contributed by atoms with Crippen LogP contribution in [-0.2, 0) is 5.41 Å². The molecule has 0 saturated carbocycles. The Morgan fingerprint density at radius 2 is 1.05 bits per heavy atom. The minimum absolute atomic E-state index is 0.145. The van der Waals surface area contributed by atoms with E-state index in [0.29, 0.717) is 17.5 Å². The molecule has 2 heterocycles. The van der Waals surface area contributed by atoms with E-state index in [-0.39, 0.29) is 5.41 Å². The molecule has 0 amide bonds. The molecule has 0 aliphatic heterocycles. The Hall–Kier alpha value is -7.17. The molecular formula is C54H40N4. The summed E-state index contributed by atoms with van der Waals surface area (Å²) >= 11 is 0. The van der Waals surface area contributed by atoms with Crippen molar-refractivity contribution in [3.63, 3.8) is 0 Å². The normalized spacial score (nSPS) is 14.1. The van der Waals surface area contributed by atoms with Crippen LogP contribution >= 0.6 is 0 Å². The molecule has 0 saturated heterocycles. The van der Waals surface area contributed by atoms with Crippen LogP contribution in [0.1, 0.15) is 43.4 Å². The predicted octanol–water partition coefficient (Wildman–Crippen LogP) is 13.7. The highest BCUT2D eigenvalue weighted by atomic mass is 15.0. The molecule has 2 aliphatic rings.